The van der Waals surface area contributed by atoms with Gasteiger partial charge in [0.2, 0.25) is 0 Å². The molecule has 4 nitrogen and oxygen atoms in total. The lowest BCUT2D eigenvalue weighted by Crippen LogP contribution is -2.23. The number of aromatic nitrogens is 3. The molecule has 0 aromatic carbocycles. The third-order valence-corrected chi connectivity index (χ3v) is 4.45. The summed E-state index contributed by atoms with van der Waals surface area (Å²) in [5.41, 5.74) is 1.79. The number of alkyl halides is 3. The van der Waals surface area contributed by atoms with E-state index < -0.39 is 11.9 Å². The molecule has 24 heavy (non-hydrogen) atoms. The Morgan fingerprint density at radius 1 is 1.29 bits per heavy atom. The van der Waals surface area contributed by atoms with E-state index in [1.807, 2.05) is 13.0 Å². The molecule has 3 rings (SSSR count). The Labute approximate surface area is 139 Å². The molecule has 1 N–H and O–H groups in total. The van der Waals surface area contributed by atoms with Crippen molar-refractivity contribution in [3.05, 3.63) is 46.8 Å². The van der Waals surface area contributed by atoms with Crippen LogP contribution in [0.15, 0.2) is 18.5 Å². The highest BCUT2D eigenvalue weighted by molar-refractivity contribution is 5.23. The Balaban J connectivity index is 1.68. The second kappa shape index (κ2) is 6.93. The van der Waals surface area contributed by atoms with Crippen LogP contribution in [0.1, 0.15) is 41.2 Å². The van der Waals surface area contributed by atoms with Crippen molar-refractivity contribution in [3.63, 3.8) is 0 Å². The molecule has 1 aliphatic heterocycles. The molecule has 2 aromatic rings. The Morgan fingerprint density at radius 3 is 2.88 bits per heavy atom. The van der Waals surface area contributed by atoms with Gasteiger partial charge in [-0.25, -0.2) is 4.98 Å². The molecule has 2 aromatic heterocycles. The lowest BCUT2D eigenvalue weighted by Gasteiger charge is -2.17. The van der Waals surface area contributed by atoms with Crippen molar-refractivity contribution in [2.45, 2.75) is 51.9 Å². The summed E-state index contributed by atoms with van der Waals surface area (Å²) < 4.78 is 41.5. The highest BCUT2D eigenvalue weighted by Crippen LogP contribution is 2.33. The average Bonchev–Trinajstić information content (AvgIpc) is 2.92. The van der Waals surface area contributed by atoms with Crippen molar-refractivity contribution < 1.29 is 13.2 Å². The summed E-state index contributed by atoms with van der Waals surface area (Å²) in [5, 5.41) is 3.14. The van der Waals surface area contributed by atoms with E-state index in [2.05, 4.69) is 15.3 Å². The van der Waals surface area contributed by atoms with E-state index in [0.717, 1.165) is 30.4 Å². The fourth-order valence-electron chi connectivity index (χ4n) is 3.16. The van der Waals surface area contributed by atoms with E-state index in [4.69, 9.17) is 0 Å². The first-order valence-electron chi connectivity index (χ1n) is 8.22. The summed E-state index contributed by atoms with van der Waals surface area (Å²) in [7, 11) is 0. The zero-order chi connectivity index (χ0) is 17.2. The minimum absolute atomic E-state index is 0.186. The molecule has 0 spiro atoms. The Bertz CT molecular complexity index is 706. The summed E-state index contributed by atoms with van der Waals surface area (Å²) in [5.74, 6) is 0.565. The largest absolute Gasteiger partial charge is 0.435 e. The SMILES string of the molecule is Cc1cnccc1CCNCc1c(C(F)(F)F)nc2n1CCCC2. The van der Waals surface area contributed by atoms with Gasteiger partial charge in [-0.15, -0.1) is 0 Å². The zero-order valence-electron chi connectivity index (χ0n) is 13.7. The molecule has 0 atom stereocenters. The monoisotopic (exact) mass is 338 g/mol. The van der Waals surface area contributed by atoms with Gasteiger partial charge in [-0.1, -0.05) is 0 Å². The van der Waals surface area contributed by atoms with Gasteiger partial charge in [0.1, 0.15) is 5.82 Å². The Morgan fingerprint density at radius 2 is 2.12 bits per heavy atom. The smallest absolute Gasteiger partial charge is 0.330 e. The fourth-order valence-corrected chi connectivity index (χ4v) is 3.16. The highest BCUT2D eigenvalue weighted by atomic mass is 19.4. The predicted octanol–water partition coefficient (Wildman–Crippen LogP) is 3.27. The molecular formula is C17H21F3N4. The van der Waals surface area contributed by atoms with Crippen molar-refractivity contribution in [2.75, 3.05) is 6.54 Å². The number of aryl methyl sites for hydroxylation is 2. The fraction of sp³-hybridized carbons (Fsp3) is 0.529. The van der Waals surface area contributed by atoms with Crippen LogP contribution >= 0.6 is 0 Å². The van der Waals surface area contributed by atoms with E-state index in [-0.39, 0.29) is 12.2 Å². The molecule has 130 valence electrons. The molecule has 0 saturated carbocycles. The van der Waals surface area contributed by atoms with Gasteiger partial charge in [-0.05, 0) is 49.9 Å². The van der Waals surface area contributed by atoms with Crippen molar-refractivity contribution in [1.29, 1.82) is 0 Å². The van der Waals surface area contributed by atoms with Gasteiger partial charge >= 0.3 is 6.18 Å². The number of nitrogens with zero attached hydrogens (tertiary/aromatic N) is 3. The maximum Gasteiger partial charge on any atom is 0.435 e. The number of fused-ring (bicyclic) bond motifs is 1. The molecule has 0 bridgehead atoms. The van der Waals surface area contributed by atoms with Crippen LogP contribution in [-0.2, 0) is 32.1 Å². The van der Waals surface area contributed by atoms with Crippen LogP contribution in [0.2, 0.25) is 0 Å². The van der Waals surface area contributed by atoms with Gasteiger partial charge in [-0.2, -0.15) is 13.2 Å². The maximum atomic E-state index is 13.3. The number of pyridine rings is 1. The molecule has 7 heteroatoms. The minimum Gasteiger partial charge on any atom is -0.330 e. The van der Waals surface area contributed by atoms with Crippen LogP contribution in [0.5, 0.6) is 0 Å². The molecule has 0 aliphatic carbocycles. The molecular weight excluding hydrogens is 317 g/mol. The lowest BCUT2D eigenvalue weighted by atomic mass is 10.1. The Hall–Kier alpha value is -1.89. The van der Waals surface area contributed by atoms with Crippen LogP contribution in [0.4, 0.5) is 13.2 Å². The topological polar surface area (TPSA) is 42.7 Å². The summed E-state index contributed by atoms with van der Waals surface area (Å²) in [4.78, 5) is 7.91. The van der Waals surface area contributed by atoms with Gasteiger partial charge < -0.3 is 9.88 Å². The number of hydrogen-bond acceptors (Lipinski definition) is 3. The van der Waals surface area contributed by atoms with E-state index in [1.165, 1.54) is 0 Å². The molecule has 0 fully saturated rings. The van der Waals surface area contributed by atoms with Gasteiger partial charge in [0.05, 0.1) is 5.69 Å². The number of rotatable bonds is 5. The molecule has 3 heterocycles. The number of imidazole rings is 1. The third-order valence-electron chi connectivity index (χ3n) is 4.45. The van der Waals surface area contributed by atoms with E-state index in [1.54, 1.807) is 17.0 Å². The van der Waals surface area contributed by atoms with Gasteiger partial charge in [0, 0.05) is 31.9 Å². The molecule has 0 amide bonds. The van der Waals surface area contributed by atoms with Crippen LogP contribution < -0.4 is 5.32 Å². The van der Waals surface area contributed by atoms with E-state index in [9.17, 15) is 13.2 Å². The summed E-state index contributed by atoms with van der Waals surface area (Å²) >= 11 is 0. The number of hydrogen-bond donors (Lipinski definition) is 1. The van der Waals surface area contributed by atoms with E-state index >= 15 is 0 Å². The quantitative estimate of drug-likeness (QED) is 0.851. The molecule has 0 saturated heterocycles. The van der Waals surface area contributed by atoms with Crippen molar-refractivity contribution in [1.82, 2.24) is 19.9 Å². The van der Waals surface area contributed by atoms with Gasteiger partial charge in [0.25, 0.3) is 0 Å². The third kappa shape index (κ3) is 3.61. The van der Waals surface area contributed by atoms with Crippen LogP contribution in [-0.4, -0.2) is 21.1 Å². The van der Waals surface area contributed by atoms with Crippen LogP contribution in [0, 0.1) is 6.92 Å². The standard InChI is InChI=1S/C17H21F3N4/c1-12-10-21-7-5-13(12)6-8-22-11-14-16(17(18,19)20)23-15-4-2-3-9-24(14)15/h5,7,10,22H,2-4,6,8-9,11H2,1H3. The summed E-state index contributed by atoms with van der Waals surface area (Å²) in [6.45, 7) is 3.41. The summed E-state index contributed by atoms with van der Waals surface area (Å²) in [6, 6.07) is 1.94. The maximum absolute atomic E-state index is 13.3. The van der Waals surface area contributed by atoms with Crippen molar-refractivity contribution >= 4 is 0 Å². The van der Waals surface area contributed by atoms with Gasteiger partial charge in [-0.3, -0.25) is 4.98 Å². The molecule has 0 unspecified atom stereocenters. The predicted molar refractivity (Wildman–Crippen MR) is 84.6 cm³/mol. The first kappa shape index (κ1) is 17.0. The second-order valence-corrected chi connectivity index (χ2v) is 6.16. The normalized spacial score (nSPS) is 14.7. The zero-order valence-corrected chi connectivity index (χ0v) is 13.7. The van der Waals surface area contributed by atoms with Crippen molar-refractivity contribution in [2.24, 2.45) is 0 Å². The highest BCUT2D eigenvalue weighted by Gasteiger charge is 2.38. The average molecular weight is 338 g/mol. The van der Waals surface area contributed by atoms with Gasteiger partial charge in [0.15, 0.2) is 5.69 Å². The minimum atomic E-state index is -4.40. The first-order chi connectivity index (χ1) is 11.5. The van der Waals surface area contributed by atoms with Crippen LogP contribution in [0.3, 0.4) is 0 Å². The lowest BCUT2D eigenvalue weighted by molar-refractivity contribution is -0.141. The Kier molecular flexibility index (Phi) is 4.89. The van der Waals surface area contributed by atoms with Crippen LogP contribution in [0.25, 0.3) is 0 Å². The number of nitrogens with one attached hydrogen (secondary N) is 1. The van der Waals surface area contributed by atoms with Crippen molar-refractivity contribution in [3.8, 4) is 0 Å². The molecule has 1 aliphatic rings. The second-order valence-electron chi connectivity index (χ2n) is 6.16. The summed E-state index contributed by atoms with van der Waals surface area (Å²) in [6.07, 6.45) is 2.33. The first-order valence-corrected chi connectivity index (χ1v) is 8.22. The number of halogens is 3. The molecule has 0 radical (unpaired) electrons. The van der Waals surface area contributed by atoms with E-state index in [0.29, 0.717) is 25.3 Å².